The Morgan fingerprint density at radius 3 is 2.83 bits per heavy atom. The average molecular weight is 283 g/mol. The van der Waals surface area contributed by atoms with Crippen LogP contribution in [0.4, 0.5) is 5.82 Å². The minimum absolute atomic E-state index is 0.418. The summed E-state index contributed by atoms with van der Waals surface area (Å²) in [6, 6.07) is 1.84. The van der Waals surface area contributed by atoms with Crippen molar-refractivity contribution in [3.05, 3.63) is 38.9 Å². The van der Waals surface area contributed by atoms with Crippen LogP contribution in [0, 0.1) is 6.92 Å². The molecule has 2 aromatic heterocycles. The van der Waals surface area contributed by atoms with Gasteiger partial charge in [-0.2, -0.15) is 0 Å². The first-order valence-corrected chi connectivity index (χ1v) is 6.82. The molecule has 4 nitrogen and oxygen atoms in total. The predicted molar refractivity (Wildman–Crippen MR) is 76.1 cm³/mol. The molecule has 2 N–H and O–H groups in total. The normalized spacial score (nSPS) is 10.7. The van der Waals surface area contributed by atoms with Crippen molar-refractivity contribution in [1.82, 2.24) is 9.97 Å². The van der Waals surface area contributed by atoms with Crippen LogP contribution in [-0.4, -0.2) is 17.0 Å². The van der Waals surface area contributed by atoms with Crippen molar-refractivity contribution >= 4 is 28.8 Å². The molecule has 0 saturated heterocycles. The summed E-state index contributed by atoms with van der Waals surface area (Å²) in [4.78, 5) is 11.8. The van der Waals surface area contributed by atoms with Gasteiger partial charge in [-0.25, -0.2) is 9.97 Å². The van der Waals surface area contributed by atoms with Gasteiger partial charge in [0.15, 0.2) is 0 Å². The summed E-state index contributed by atoms with van der Waals surface area (Å²) in [6.07, 6.45) is 1.74. The summed E-state index contributed by atoms with van der Waals surface area (Å²) in [5, 5.41) is 0.629. The van der Waals surface area contributed by atoms with E-state index in [0.717, 1.165) is 23.6 Å². The maximum atomic E-state index is 6.29. The highest BCUT2D eigenvalue weighted by atomic mass is 35.5. The van der Waals surface area contributed by atoms with E-state index < -0.39 is 0 Å². The van der Waals surface area contributed by atoms with Crippen LogP contribution in [0.25, 0.3) is 0 Å². The van der Waals surface area contributed by atoms with Crippen molar-refractivity contribution in [2.75, 3.05) is 11.9 Å². The lowest BCUT2D eigenvalue weighted by molar-refractivity contribution is 0.896. The molecular formula is C12H15ClN4S. The van der Waals surface area contributed by atoms with Gasteiger partial charge in [-0.3, -0.25) is 0 Å². The molecule has 2 aromatic rings. The van der Waals surface area contributed by atoms with Crippen LogP contribution in [0.15, 0.2) is 17.8 Å². The Morgan fingerprint density at radius 1 is 1.44 bits per heavy atom. The Bertz CT molecular complexity index is 541. The Hall–Kier alpha value is -1.17. The summed E-state index contributed by atoms with van der Waals surface area (Å²) in [5.74, 6) is 0.757. The first-order valence-electron chi connectivity index (χ1n) is 5.57. The SMILES string of the molecule is Cc1ncsc1CN(C)c1nccc(CN)c1Cl. The molecule has 6 heteroatoms. The molecule has 0 bridgehead atoms. The van der Waals surface area contributed by atoms with E-state index >= 15 is 0 Å². The zero-order valence-electron chi connectivity index (χ0n) is 10.4. The van der Waals surface area contributed by atoms with Crippen LogP contribution in [-0.2, 0) is 13.1 Å². The van der Waals surface area contributed by atoms with Gasteiger partial charge in [-0.05, 0) is 18.6 Å². The van der Waals surface area contributed by atoms with Gasteiger partial charge in [-0.1, -0.05) is 11.6 Å². The lowest BCUT2D eigenvalue weighted by Crippen LogP contribution is -2.18. The smallest absolute Gasteiger partial charge is 0.147 e. The minimum Gasteiger partial charge on any atom is -0.353 e. The van der Waals surface area contributed by atoms with Gasteiger partial charge >= 0.3 is 0 Å². The standard InChI is InChI=1S/C12H15ClN4S/c1-8-10(18-7-16-8)6-17(2)12-11(13)9(5-14)3-4-15-12/h3-4,7H,5-6,14H2,1-2H3. The van der Waals surface area contributed by atoms with E-state index in [1.54, 1.807) is 17.5 Å². The van der Waals surface area contributed by atoms with E-state index in [9.17, 15) is 0 Å². The van der Waals surface area contributed by atoms with Crippen LogP contribution in [0.1, 0.15) is 16.1 Å². The predicted octanol–water partition coefficient (Wildman–Crippen LogP) is 2.60. The van der Waals surface area contributed by atoms with Crippen LogP contribution in [0.5, 0.6) is 0 Å². The summed E-state index contributed by atoms with van der Waals surface area (Å²) >= 11 is 7.93. The molecule has 0 aliphatic heterocycles. The molecule has 96 valence electrons. The fraction of sp³-hybridized carbons (Fsp3) is 0.333. The zero-order chi connectivity index (χ0) is 13.1. The molecule has 0 aliphatic carbocycles. The largest absolute Gasteiger partial charge is 0.353 e. The van der Waals surface area contributed by atoms with E-state index in [2.05, 4.69) is 9.97 Å². The lowest BCUT2D eigenvalue weighted by Gasteiger charge is -2.19. The third-order valence-electron chi connectivity index (χ3n) is 2.76. The second-order valence-corrected chi connectivity index (χ2v) is 5.35. The van der Waals surface area contributed by atoms with Crippen molar-refractivity contribution in [2.24, 2.45) is 5.73 Å². The maximum Gasteiger partial charge on any atom is 0.147 e. The number of rotatable bonds is 4. The highest BCUT2D eigenvalue weighted by molar-refractivity contribution is 7.09. The average Bonchev–Trinajstić information content (AvgIpc) is 2.75. The highest BCUT2D eigenvalue weighted by Crippen LogP contribution is 2.27. The number of nitrogens with two attached hydrogens (primary N) is 1. The molecule has 2 rings (SSSR count). The molecule has 0 unspecified atom stereocenters. The second kappa shape index (κ2) is 5.65. The molecule has 0 saturated carbocycles. The molecule has 0 aromatic carbocycles. The molecular weight excluding hydrogens is 268 g/mol. The fourth-order valence-corrected chi connectivity index (χ4v) is 2.83. The molecule has 0 aliphatic rings. The number of nitrogens with zero attached hydrogens (tertiary/aromatic N) is 3. The number of halogens is 1. The summed E-state index contributed by atoms with van der Waals surface area (Å²) in [6.45, 7) is 3.17. The van der Waals surface area contributed by atoms with Gasteiger partial charge in [0, 0.05) is 24.7 Å². The molecule has 18 heavy (non-hydrogen) atoms. The van der Waals surface area contributed by atoms with Gasteiger partial charge in [0.05, 0.1) is 22.8 Å². The molecule has 2 heterocycles. The summed E-state index contributed by atoms with van der Waals surface area (Å²) in [7, 11) is 1.97. The van der Waals surface area contributed by atoms with Gasteiger partial charge in [0.1, 0.15) is 5.82 Å². The number of hydrogen-bond acceptors (Lipinski definition) is 5. The fourth-order valence-electron chi connectivity index (χ4n) is 1.66. The number of hydrogen-bond donors (Lipinski definition) is 1. The summed E-state index contributed by atoms with van der Waals surface area (Å²) < 4.78 is 0. The van der Waals surface area contributed by atoms with Gasteiger partial charge < -0.3 is 10.6 Å². The third-order valence-corrected chi connectivity index (χ3v) is 4.09. The molecule has 0 fully saturated rings. The minimum atomic E-state index is 0.418. The van der Waals surface area contributed by atoms with Crippen molar-refractivity contribution in [3.8, 4) is 0 Å². The number of aryl methyl sites for hydroxylation is 1. The van der Waals surface area contributed by atoms with Crippen molar-refractivity contribution in [3.63, 3.8) is 0 Å². The Balaban J connectivity index is 2.24. The molecule has 0 amide bonds. The van der Waals surface area contributed by atoms with E-state index in [-0.39, 0.29) is 0 Å². The molecule has 0 radical (unpaired) electrons. The number of pyridine rings is 1. The summed E-state index contributed by atoms with van der Waals surface area (Å²) in [5.41, 5.74) is 9.46. The van der Waals surface area contributed by atoms with E-state index in [0.29, 0.717) is 11.6 Å². The van der Waals surface area contributed by atoms with Crippen LogP contribution >= 0.6 is 22.9 Å². The molecule has 0 atom stereocenters. The van der Waals surface area contributed by atoms with E-state index in [1.807, 2.05) is 30.4 Å². The van der Waals surface area contributed by atoms with Gasteiger partial charge in [-0.15, -0.1) is 11.3 Å². The second-order valence-electron chi connectivity index (χ2n) is 4.03. The van der Waals surface area contributed by atoms with Crippen molar-refractivity contribution in [1.29, 1.82) is 0 Å². The van der Waals surface area contributed by atoms with Crippen LogP contribution in [0.2, 0.25) is 5.02 Å². The molecule has 0 spiro atoms. The van der Waals surface area contributed by atoms with Gasteiger partial charge in [0.2, 0.25) is 0 Å². The maximum absolute atomic E-state index is 6.29. The lowest BCUT2D eigenvalue weighted by atomic mass is 10.2. The third kappa shape index (κ3) is 2.63. The van der Waals surface area contributed by atoms with Crippen LogP contribution in [0.3, 0.4) is 0 Å². The highest BCUT2D eigenvalue weighted by Gasteiger charge is 2.13. The number of thiazole rings is 1. The first-order chi connectivity index (χ1) is 8.63. The Morgan fingerprint density at radius 2 is 2.22 bits per heavy atom. The number of anilines is 1. The first kappa shape index (κ1) is 13.3. The Kier molecular flexibility index (Phi) is 4.16. The Labute approximate surface area is 115 Å². The van der Waals surface area contributed by atoms with Gasteiger partial charge in [0.25, 0.3) is 0 Å². The van der Waals surface area contributed by atoms with E-state index in [1.165, 1.54) is 4.88 Å². The number of aromatic nitrogens is 2. The van der Waals surface area contributed by atoms with Crippen LogP contribution < -0.4 is 10.6 Å². The quantitative estimate of drug-likeness (QED) is 0.936. The zero-order valence-corrected chi connectivity index (χ0v) is 11.9. The van der Waals surface area contributed by atoms with E-state index in [4.69, 9.17) is 17.3 Å². The topological polar surface area (TPSA) is 55.0 Å². The van der Waals surface area contributed by atoms with Crippen molar-refractivity contribution < 1.29 is 0 Å². The van der Waals surface area contributed by atoms with Crippen molar-refractivity contribution in [2.45, 2.75) is 20.0 Å². The monoisotopic (exact) mass is 282 g/mol.